The van der Waals surface area contributed by atoms with Gasteiger partial charge in [-0.25, -0.2) is 4.79 Å². The molecule has 102 valence electrons. The van der Waals surface area contributed by atoms with E-state index in [1.165, 1.54) is 7.11 Å². The molecular weight excluding hydrogens is 244 g/mol. The van der Waals surface area contributed by atoms with Gasteiger partial charge in [-0.2, -0.15) is 0 Å². The molecule has 1 aromatic rings. The standard InChI is InChI=1S/C15H18O4/c1-7(2)9-5-4-8-6-10(18-3)13(16)12-11(8)14(9)19-15(12)17/h6-7,9,14,16H,4-5H2,1-3H3/t9-,14-/m0/s1. The summed E-state index contributed by atoms with van der Waals surface area (Å²) in [5.41, 5.74) is 2.26. The minimum atomic E-state index is -0.426. The number of hydrogen-bond acceptors (Lipinski definition) is 4. The fraction of sp³-hybridized carbons (Fsp3) is 0.533. The molecule has 0 saturated heterocycles. The molecule has 0 amide bonds. The predicted octanol–water partition coefficient (Wildman–Crippen LogP) is 2.83. The Morgan fingerprint density at radius 2 is 2.21 bits per heavy atom. The molecule has 0 saturated carbocycles. The zero-order valence-corrected chi connectivity index (χ0v) is 11.4. The Morgan fingerprint density at radius 1 is 1.47 bits per heavy atom. The molecular formula is C15H18O4. The minimum absolute atomic E-state index is 0.0850. The number of benzene rings is 1. The predicted molar refractivity (Wildman–Crippen MR) is 69.5 cm³/mol. The number of carbonyl (C=O) groups excluding carboxylic acids is 1. The highest BCUT2D eigenvalue weighted by atomic mass is 16.6. The van der Waals surface area contributed by atoms with Gasteiger partial charge in [0.05, 0.1) is 7.11 Å². The van der Waals surface area contributed by atoms with E-state index in [9.17, 15) is 9.90 Å². The van der Waals surface area contributed by atoms with E-state index < -0.39 is 5.97 Å². The number of hydrogen-bond donors (Lipinski definition) is 1. The zero-order valence-electron chi connectivity index (χ0n) is 11.4. The lowest BCUT2D eigenvalue weighted by molar-refractivity contribution is 0.0118. The Morgan fingerprint density at radius 3 is 2.84 bits per heavy atom. The van der Waals surface area contributed by atoms with Gasteiger partial charge < -0.3 is 14.6 Å². The van der Waals surface area contributed by atoms with Crippen molar-refractivity contribution in [2.24, 2.45) is 11.8 Å². The molecule has 1 N–H and O–H groups in total. The molecule has 3 rings (SSSR count). The normalized spacial score (nSPS) is 24.3. The third-order valence-corrected chi connectivity index (χ3v) is 4.33. The molecule has 2 atom stereocenters. The van der Waals surface area contributed by atoms with Gasteiger partial charge in [-0.15, -0.1) is 0 Å². The summed E-state index contributed by atoms with van der Waals surface area (Å²) in [6.07, 6.45) is 1.69. The number of esters is 1. The van der Waals surface area contributed by atoms with Crippen LogP contribution in [0.25, 0.3) is 0 Å². The number of carbonyl (C=O) groups is 1. The lowest BCUT2D eigenvalue weighted by Gasteiger charge is -2.32. The van der Waals surface area contributed by atoms with Crippen LogP contribution < -0.4 is 4.74 Å². The minimum Gasteiger partial charge on any atom is -0.504 e. The molecule has 1 heterocycles. The Bertz CT molecular complexity index is 548. The average molecular weight is 262 g/mol. The third kappa shape index (κ3) is 1.62. The maximum Gasteiger partial charge on any atom is 0.343 e. The monoisotopic (exact) mass is 262 g/mol. The molecule has 0 radical (unpaired) electrons. The van der Waals surface area contributed by atoms with Crippen LogP contribution in [0.2, 0.25) is 0 Å². The van der Waals surface area contributed by atoms with E-state index in [-0.39, 0.29) is 11.9 Å². The zero-order chi connectivity index (χ0) is 13.7. The van der Waals surface area contributed by atoms with E-state index in [4.69, 9.17) is 9.47 Å². The van der Waals surface area contributed by atoms with E-state index >= 15 is 0 Å². The Balaban J connectivity index is 2.19. The molecule has 19 heavy (non-hydrogen) atoms. The quantitative estimate of drug-likeness (QED) is 0.833. The summed E-state index contributed by atoms with van der Waals surface area (Å²) in [7, 11) is 1.49. The van der Waals surface area contributed by atoms with Gasteiger partial charge in [-0.1, -0.05) is 13.8 Å². The Hall–Kier alpha value is -1.71. The molecule has 0 aromatic heterocycles. The topological polar surface area (TPSA) is 55.8 Å². The van der Waals surface area contributed by atoms with Crippen molar-refractivity contribution in [2.75, 3.05) is 7.11 Å². The average Bonchev–Trinajstić information content (AvgIpc) is 2.71. The van der Waals surface area contributed by atoms with Gasteiger partial charge in [0, 0.05) is 11.5 Å². The molecule has 4 nitrogen and oxygen atoms in total. The first-order valence-corrected chi connectivity index (χ1v) is 6.68. The van der Waals surface area contributed by atoms with E-state index in [0.717, 1.165) is 24.0 Å². The first-order chi connectivity index (χ1) is 9.04. The van der Waals surface area contributed by atoms with Crippen LogP contribution in [0.3, 0.4) is 0 Å². The molecule has 4 heteroatoms. The number of aryl methyl sites for hydroxylation is 1. The Labute approximate surface area is 112 Å². The number of rotatable bonds is 2. The maximum atomic E-state index is 12.0. The van der Waals surface area contributed by atoms with E-state index in [1.54, 1.807) is 0 Å². The fourth-order valence-corrected chi connectivity index (χ4v) is 3.30. The van der Waals surface area contributed by atoms with Gasteiger partial charge >= 0.3 is 5.97 Å². The van der Waals surface area contributed by atoms with Gasteiger partial charge in [0.2, 0.25) is 0 Å². The Kier molecular flexibility index (Phi) is 2.69. The van der Waals surface area contributed by atoms with Gasteiger partial charge in [0.25, 0.3) is 0 Å². The third-order valence-electron chi connectivity index (χ3n) is 4.33. The van der Waals surface area contributed by atoms with Gasteiger partial charge in [0.1, 0.15) is 11.7 Å². The highest BCUT2D eigenvalue weighted by Crippen LogP contribution is 2.51. The summed E-state index contributed by atoms with van der Waals surface area (Å²) >= 11 is 0. The number of phenols is 1. The molecule has 0 unspecified atom stereocenters. The smallest absolute Gasteiger partial charge is 0.343 e. The summed E-state index contributed by atoms with van der Waals surface area (Å²) < 4.78 is 10.6. The van der Waals surface area contributed by atoms with Crippen LogP contribution in [-0.4, -0.2) is 18.2 Å². The molecule has 0 fully saturated rings. The van der Waals surface area contributed by atoms with Crippen LogP contribution in [0.1, 0.15) is 47.9 Å². The van der Waals surface area contributed by atoms with E-state index in [1.807, 2.05) is 6.07 Å². The van der Waals surface area contributed by atoms with Crippen molar-refractivity contribution < 1.29 is 19.4 Å². The second kappa shape index (κ2) is 4.15. The number of methoxy groups -OCH3 is 1. The van der Waals surface area contributed by atoms with Crippen LogP contribution in [0, 0.1) is 11.8 Å². The highest BCUT2D eigenvalue weighted by molar-refractivity contribution is 5.98. The fourth-order valence-electron chi connectivity index (χ4n) is 3.30. The van der Waals surface area contributed by atoms with Crippen molar-refractivity contribution in [1.82, 2.24) is 0 Å². The largest absolute Gasteiger partial charge is 0.504 e. The van der Waals surface area contributed by atoms with Crippen molar-refractivity contribution in [3.8, 4) is 11.5 Å². The van der Waals surface area contributed by atoms with Crippen LogP contribution in [0.15, 0.2) is 6.07 Å². The molecule has 0 spiro atoms. The number of aromatic hydroxyl groups is 1. The highest BCUT2D eigenvalue weighted by Gasteiger charge is 2.44. The molecule has 1 aliphatic carbocycles. The van der Waals surface area contributed by atoms with Crippen molar-refractivity contribution in [2.45, 2.75) is 32.8 Å². The molecule has 1 aliphatic heterocycles. The van der Waals surface area contributed by atoms with E-state index in [2.05, 4.69) is 13.8 Å². The van der Waals surface area contributed by atoms with Crippen LogP contribution in [0.5, 0.6) is 11.5 Å². The summed E-state index contributed by atoms with van der Waals surface area (Å²) in [5, 5.41) is 10.1. The first-order valence-electron chi connectivity index (χ1n) is 6.68. The molecule has 2 aliphatic rings. The second-order valence-corrected chi connectivity index (χ2v) is 5.65. The van der Waals surface area contributed by atoms with Crippen molar-refractivity contribution in [3.05, 3.63) is 22.8 Å². The summed E-state index contributed by atoms with van der Waals surface area (Å²) in [6.45, 7) is 4.29. The number of ether oxygens (including phenoxy) is 2. The van der Waals surface area contributed by atoms with Crippen molar-refractivity contribution in [1.29, 1.82) is 0 Å². The van der Waals surface area contributed by atoms with Crippen LogP contribution >= 0.6 is 0 Å². The summed E-state index contributed by atoms with van der Waals surface area (Å²) in [4.78, 5) is 12.0. The summed E-state index contributed by atoms with van der Waals surface area (Å²) in [6, 6.07) is 1.83. The first kappa shape index (κ1) is 12.3. The second-order valence-electron chi connectivity index (χ2n) is 5.65. The van der Waals surface area contributed by atoms with Gasteiger partial charge in [0.15, 0.2) is 11.5 Å². The summed E-state index contributed by atoms with van der Waals surface area (Å²) in [5.74, 6) is 0.615. The van der Waals surface area contributed by atoms with Crippen LogP contribution in [0.4, 0.5) is 0 Å². The lowest BCUT2D eigenvalue weighted by atomic mass is 9.75. The van der Waals surface area contributed by atoms with Crippen LogP contribution in [-0.2, 0) is 11.2 Å². The SMILES string of the molecule is COc1cc2c3c(c1O)C(=O)O[C@H]3[C@H](C(C)C)CC2. The number of phenolic OH excluding ortho intramolecular Hbond substituents is 1. The lowest BCUT2D eigenvalue weighted by Crippen LogP contribution is -2.24. The molecule has 0 bridgehead atoms. The van der Waals surface area contributed by atoms with Crippen molar-refractivity contribution >= 4 is 5.97 Å². The van der Waals surface area contributed by atoms with Crippen molar-refractivity contribution in [3.63, 3.8) is 0 Å². The molecule has 1 aromatic carbocycles. The maximum absolute atomic E-state index is 12.0. The van der Waals surface area contributed by atoms with Gasteiger partial charge in [-0.05, 0) is 30.4 Å². The van der Waals surface area contributed by atoms with Gasteiger partial charge in [-0.3, -0.25) is 0 Å². The van der Waals surface area contributed by atoms with E-state index in [0.29, 0.717) is 23.1 Å².